The van der Waals surface area contributed by atoms with E-state index in [0.29, 0.717) is 11.3 Å². The largest absolute Gasteiger partial charge is 0.355 e. The number of rotatable bonds is 4. The fraction of sp³-hybridized carbons (Fsp3) is 0.105. The molecule has 0 saturated carbocycles. The zero-order chi connectivity index (χ0) is 19.9. The molecule has 0 spiro atoms. The normalized spacial score (nSPS) is 11.8. The predicted octanol–water partition coefficient (Wildman–Crippen LogP) is 2.03. The Bertz CT molecular complexity index is 1260. The Kier molecular flexibility index (Phi) is 4.66. The third-order valence-corrected chi connectivity index (χ3v) is 4.82. The molecule has 0 aliphatic heterocycles. The van der Waals surface area contributed by atoms with Crippen molar-refractivity contribution in [2.75, 3.05) is 0 Å². The van der Waals surface area contributed by atoms with Gasteiger partial charge in [0.05, 0.1) is 5.69 Å². The third-order valence-electron chi connectivity index (χ3n) is 4.34. The van der Waals surface area contributed by atoms with Crippen LogP contribution in [0.25, 0.3) is 16.6 Å². The van der Waals surface area contributed by atoms with Crippen LogP contribution >= 0.6 is 25.3 Å². The van der Waals surface area contributed by atoms with Crippen LogP contribution in [0.5, 0.6) is 0 Å². The van der Waals surface area contributed by atoms with Gasteiger partial charge in [0.15, 0.2) is 0 Å². The molecule has 4 N–H and O–H groups in total. The average Bonchev–Trinajstić information content (AvgIpc) is 3.10. The molecular weight excluding hydrogens is 394 g/mol. The first kappa shape index (κ1) is 18.6. The van der Waals surface area contributed by atoms with Crippen molar-refractivity contribution in [3.8, 4) is 0 Å². The molecule has 0 unspecified atom stereocenters. The summed E-state index contributed by atoms with van der Waals surface area (Å²) in [6.45, 7) is 0.286. The molecule has 0 saturated heterocycles. The van der Waals surface area contributed by atoms with Crippen LogP contribution in [0.3, 0.4) is 0 Å². The zero-order valence-corrected chi connectivity index (χ0v) is 16.4. The van der Waals surface area contributed by atoms with Gasteiger partial charge >= 0.3 is 0 Å². The molecule has 0 aliphatic carbocycles. The summed E-state index contributed by atoms with van der Waals surface area (Å²) < 4.78 is 0.317. The Labute approximate surface area is 170 Å². The van der Waals surface area contributed by atoms with Crippen LogP contribution in [-0.2, 0) is 10.7 Å². The highest BCUT2D eigenvalue weighted by Gasteiger charge is 2.19. The standard InChI is InChI=1S/C19H17N5O2S2/c20-19(27,28)15-8-12-5-4-11(7-13(12)22-15)10-21-18(26)14-9-17(25)24-6-2-1-3-16(24)23-14/h1-9,22,27-28H,10,20H2,(H,21,26). The monoisotopic (exact) mass is 411 g/mol. The summed E-state index contributed by atoms with van der Waals surface area (Å²) >= 11 is 8.49. The lowest BCUT2D eigenvalue weighted by Crippen LogP contribution is -2.26. The van der Waals surface area contributed by atoms with Crippen molar-refractivity contribution >= 4 is 47.7 Å². The minimum Gasteiger partial charge on any atom is -0.355 e. The van der Waals surface area contributed by atoms with Crippen molar-refractivity contribution in [1.82, 2.24) is 19.7 Å². The van der Waals surface area contributed by atoms with Gasteiger partial charge in [0, 0.05) is 24.3 Å². The number of hydrogen-bond acceptors (Lipinski definition) is 6. The molecule has 0 radical (unpaired) electrons. The number of fused-ring (bicyclic) bond motifs is 2. The number of nitrogens with two attached hydrogens (primary N) is 1. The summed E-state index contributed by atoms with van der Waals surface area (Å²) in [5, 5.41) is 3.76. The van der Waals surface area contributed by atoms with E-state index in [1.54, 1.807) is 24.4 Å². The SMILES string of the molecule is NC(S)(S)c1cc2ccc(CNC(=O)c3cc(=O)n4ccccc4n3)cc2[nH]1. The van der Waals surface area contributed by atoms with E-state index < -0.39 is 10.1 Å². The van der Waals surface area contributed by atoms with Crippen LogP contribution in [0, 0.1) is 0 Å². The van der Waals surface area contributed by atoms with E-state index in [4.69, 9.17) is 5.73 Å². The van der Waals surface area contributed by atoms with Crippen molar-refractivity contribution in [3.63, 3.8) is 0 Å². The summed E-state index contributed by atoms with van der Waals surface area (Å²) in [6, 6.07) is 14.0. The van der Waals surface area contributed by atoms with E-state index in [2.05, 4.69) is 40.5 Å². The molecule has 0 bridgehead atoms. The van der Waals surface area contributed by atoms with Crippen LogP contribution in [0.1, 0.15) is 21.7 Å². The van der Waals surface area contributed by atoms with Gasteiger partial charge in [-0.15, -0.1) is 25.3 Å². The second kappa shape index (κ2) is 7.01. The fourth-order valence-corrected chi connectivity index (χ4v) is 3.17. The summed E-state index contributed by atoms with van der Waals surface area (Å²) in [4.78, 5) is 32.0. The van der Waals surface area contributed by atoms with Gasteiger partial charge < -0.3 is 16.0 Å². The molecule has 0 atom stereocenters. The molecular formula is C19H17N5O2S2. The lowest BCUT2D eigenvalue weighted by molar-refractivity contribution is 0.0946. The fourth-order valence-electron chi connectivity index (χ4n) is 2.93. The molecule has 3 aromatic heterocycles. The molecule has 7 nitrogen and oxygen atoms in total. The molecule has 142 valence electrons. The minimum atomic E-state index is -1.07. The predicted molar refractivity (Wildman–Crippen MR) is 115 cm³/mol. The van der Waals surface area contributed by atoms with Crippen LogP contribution in [0.15, 0.2) is 59.5 Å². The Morgan fingerprint density at radius 1 is 1.21 bits per heavy atom. The number of aromatic amines is 1. The van der Waals surface area contributed by atoms with E-state index in [1.165, 1.54) is 10.5 Å². The second-order valence-electron chi connectivity index (χ2n) is 6.42. The smallest absolute Gasteiger partial charge is 0.270 e. The van der Waals surface area contributed by atoms with E-state index in [0.717, 1.165) is 16.5 Å². The highest BCUT2D eigenvalue weighted by molar-refractivity contribution is 7.99. The number of hydrogen-bond donors (Lipinski definition) is 5. The maximum atomic E-state index is 12.4. The van der Waals surface area contributed by atoms with Crippen LogP contribution in [-0.4, -0.2) is 20.3 Å². The number of amides is 1. The number of carbonyl (C=O) groups excluding carboxylic acids is 1. The van der Waals surface area contributed by atoms with Crippen molar-refractivity contribution < 1.29 is 4.79 Å². The van der Waals surface area contributed by atoms with Crippen LogP contribution in [0.2, 0.25) is 0 Å². The summed E-state index contributed by atoms with van der Waals surface area (Å²) in [7, 11) is 0. The maximum absolute atomic E-state index is 12.4. The minimum absolute atomic E-state index is 0.0810. The lowest BCUT2D eigenvalue weighted by atomic mass is 10.1. The summed E-state index contributed by atoms with van der Waals surface area (Å²) in [5.41, 5.74) is 8.50. The van der Waals surface area contributed by atoms with E-state index >= 15 is 0 Å². The molecule has 1 aromatic carbocycles. The van der Waals surface area contributed by atoms with Gasteiger partial charge in [-0.1, -0.05) is 18.2 Å². The summed E-state index contributed by atoms with van der Waals surface area (Å²) in [5.74, 6) is -0.414. The van der Waals surface area contributed by atoms with E-state index in [-0.39, 0.29) is 17.8 Å². The Balaban J connectivity index is 1.54. The number of carbonyl (C=O) groups is 1. The van der Waals surface area contributed by atoms with Gasteiger partial charge in [-0.3, -0.25) is 14.0 Å². The molecule has 9 heteroatoms. The van der Waals surface area contributed by atoms with E-state index in [1.807, 2.05) is 24.3 Å². The summed E-state index contributed by atoms with van der Waals surface area (Å²) in [6.07, 6.45) is 1.61. The Morgan fingerprint density at radius 2 is 2.04 bits per heavy atom. The second-order valence-corrected chi connectivity index (χ2v) is 8.19. The Morgan fingerprint density at radius 3 is 2.82 bits per heavy atom. The number of H-pyrrole nitrogens is 1. The number of aromatic nitrogens is 3. The maximum Gasteiger partial charge on any atom is 0.270 e. The third kappa shape index (κ3) is 3.64. The zero-order valence-electron chi connectivity index (χ0n) is 14.6. The molecule has 4 rings (SSSR count). The molecule has 28 heavy (non-hydrogen) atoms. The highest BCUT2D eigenvalue weighted by atomic mass is 32.2. The quantitative estimate of drug-likeness (QED) is 0.262. The molecule has 4 aromatic rings. The first-order valence-electron chi connectivity index (χ1n) is 8.44. The average molecular weight is 412 g/mol. The van der Waals surface area contributed by atoms with Gasteiger partial charge in [-0.25, -0.2) is 4.98 Å². The highest BCUT2D eigenvalue weighted by Crippen LogP contribution is 2.29. The molecule has 1 amide bonds. The first-order chi connectivity index (χ1) is 13.3. The first-order valence-corrected chi connectivity index (χ1v) is 9.33. The van der Waals surface area contributed by atoms with Crippen molar-refractivity contribution in [2.45, 2.75) is 10.7 Å². The van der Waals surface area contributed by atoms with Gasteiger partial charge in [-0.05, 0) is 35.2 Å². The molecule has 0 fully saturated rings. The Hall–Kier alpha value is -2.75. The molecule has 3 heterocycles. The van der Waals surface area contributed by atoms with Gasteiger partial charge in [0.1, 0.15) is 15.5 Å². The van der Waals surface area contributed by atoms with E-state index in [9.17, 15) is 9.59 Å². The van der Waals surface area contributed by atoms with Crippen LogP contribution in [0.4, 0.5) is 0 Å². The van der Waals surface area contributed by atoms with Gasteiger partial charge in [0.2, 0.25) is 0 Å². The van der Waals surface area contributed by atoms with Gasteiger partial charge in [-0.2, -0.15) is 0 Å². The van der Waals surface area contributed by atoms with Crippen molar-refractivity contribution in [3.05, 3.63) is 82.0 Å². The number of benzene rings is 1. The number of pyridine rings is 1. The van der Waals surface area contributed by atoms with Gasteiger partial charge in [0.25, 0.3) is 11.5 Å². The lowest BCUT2D eigenvalue weighted by Gasteiger charge is -2.13. The molecule has 0 aliphatic rings. The topological polar surface area (TPSA) is 105 Å². The number of nitrogens with zero attached hydrogens (tertiary/aromatic N) is 2. The van der Waals surface area contributed by atoms with Crippen molar-refractivity contribution in [2.24, 2.45) is 5.73 Å². The van der Waals surface area contributed by atoms with Crippen molar-refractivity contribution in [1.29, 1.82) is 0 Å². The van der Waals surface area contributed by atoms with Crippen LogP contribution < -0.4 is 16.6 Å². The number of thiol groups is 2. The number of nitrogens with one attached hydrogen (secondary N) is 2.